The molecule has 0 radical (unpaired) electrons. The van der Waals surface area contributed by atoms with Crippen LogP contribution in [0.25, 0.3) is 28.1 Å². The molecule has 4 aromatic rings. The van der Waals surface area contributed by atoms with E-state index >= 15 is 0 Å². The van der Waals surface area contributed by atoms with E-state index in [1.165, 1.54) is 0 Å². The van der Waals surface area contributed by atoms with Crippen LogP contribution in [-0.2, 0) is 4.74 Å². The smallest absolute Gasteiger partial charge is 0.404 e. The summed E-state index contributed by atoms with van der Waals surface area (Å²) in [7, 11) is 0. The van der Waals surface area contributed by atoms with E-state index in [4.69, 9.17) is 19.0 Å². The van der Waals surface area contributed by atoms with E-state index in [0.717, 1.165) is 29.9 Å². The van der Waals surface area contributed by atoms with E-state index in [-0.39, 0.29) is 12.1 Å². The number of imidazole rings is 1. The first-order chi connectivity index (χ1) is 16.1. The van der Waals surface area contributed by atoms with Crippen LogP contribution in [-0.4, -0.2) is 69.2 Å². The highest BCUT2D eigenvalue weighted by molar-refractivity contribution is 5.92. The normalized spacial score (nSPS) is 20.7. The molecule has 1 amide bonds. The predicted octanol–water partition coefficient (Wildman–Crippen LogP) is 2.55. The van der Waals surface area contributed by atoms with Crippen molar-refractivity contribution in [3.05, 3.63) is 36.7 Å². The van der Waals surface area contributed by atoms with Gasteiger partial charge in [-0.25, -0.2) is 19.3 Å². The van der Waals surface area contributed by atoms with Crippen LogP contribution in [0.15, 0.2) is 41.1 Å². The van der Waals surface area contributed by atoms with Crippen LogP contribution in [0.4, 0.5) is 10.6 Å². The lowest BCUT2D eigenvalue weighted by atomic mass is 9.89. The molecule has 0 unspecified atom stereocenters. The summed E-state index contributed by atoms with van der Waals surface area (Å²) in [6, 6.07) is 7.35. The van der Waals surface area contributed by atoms with Gasteiger partial charge in [0.05, 0.1) is 24.8 Å². The Hall–Kier alpha value is -3.86. The number of amides is 1. The fourth-order valence-corrected chi connectivity index (χ4v) is 4.31. The van der Waals surface area contributed by atoms with E-state index in [9.17, 15) is 4.79 Å². The third kappa shape index (κ3) is 3.69. The van der Waals surface area contributed by atoms with Gasteiger partial charge in [0, 0.05) is 44.2 Å². The lowest BCUT2D eigenvalue weighted by Crippen LogP contribution is -2.48. The molecule has 6 rings (SSSR count). The number of pyridine rings is 1. The van der Waals surface area contributed by atoms with Gasteiger partial charge in [-0.05, 0) is 18.2 Å². The highest BCUT2D eigenvalue weighted by atomic mass is 16.5. The number of nitrogens with zero attached hydrogens (tertiary/aromatic N) is 5. The number of ether oxygens (including phenoxy) is 2. The number of furan rings is 1. The first kappa shape index (κ1) is 19.8. The number of hydrogen-bond donors (Lipinski definition) is 2. The molecule has 11 heteroatoms. The van der Waals surface area contributed by atoms with Gasteiger partial charge < -0.3 is 29.2 Å². The first-order valence-corrected chi connectivity index (χ1v) is 10.9. The number of aromatic nitrogens is 4. The maximum atomic E-state index is 10.7. The quantitative estimate of drug-likeness (QED) is 0.471. The Labute approximate surface area is 187 Å². The summed E-state index contributed by atoms with van der Waals surface area (Å²) in [5, 5.41) is 16.8. The Bertz CT molecular complexity index is 1320. The maximum absolute atomic E-state index is 10.7. The summed E-state index contributed by atoms with van der Waals surface area (Å²) < 4.78 is 19.2. The SMILES string of the molecule is O=C(O)NC1CC(Oc2ccc3ncc(-c4cc5c(N6CCOCC6)nccc5o4)n3n2)C1. The van der Waals surface area contributed by atoms with E-state index in [2.05, 4.69) is 25.3 Å². The molecule has 0 atom stereocenters. The molecule has 2 N–H and O–H groups in total. The maximum Gasteiger partial charge on any atom is 0.404 e. The van der Waals surface area contributed by atoms with Gasteiger partial charge >= 0.3 is 6.09 Å². The zero-order chi connectivity index (χ0) is 22.4. The van der Waals surface area contributed by atoms with Crippen LogP contribution in [0.1, 0.15) is 12.8 Å². The highest BCUT2D eigenvalue weighted by Crippen LogP contribution is 2.33. The minimum atomic E-state index is -1.01. The third-order valence-corrected chi connectivity index (χ3v) is 6.04. The van der Waals surface area contributed by atoms with Gasteiger partial charge in [0.1, 0.15) is 23.2 Å². The summed E-state index contributed by atoms with van der Waals surface area (Å²) in [5.41, 5.74) is 2.12. The molecule has 1 aliphatic carbocycles. The number of anilines is 1. The van der Waals surface area contributed by atoms with Gasteiger partial charge in [0.25, 0.3) is 0 Å². The van der Waals surface area contributed by atoms with Gasteiger partial charge in [0.15, 0.2) is 11.4 Å². The Morgan fingerprint density at radius 1 is 1.18 bits per heavy atom. The van der Waals surface area contributed by atoms with Gasteiger partial charge in [-0.3, -0.25) is 0 Å². The largest absolute Gasteiger partial charge is 0.473 e. The molecule has 1 saturated heterocycles. The van der Waals surface area contributed by atoms with Crippen LogP contribution in [0.5, 0.6) is 5.88 Å². The van der Waals surface area contributed by atoms with Crippen LogP contribution < -0.4 is 15.0 Å². The number of morpholine rings is 1. The minimum Gasteiger partial charge on any atom is -0.473 e. The van der Waals surface area contributed by atoms with Gasteiger partial charge in [-0.2, -0.15) is 0 Å². The fraction of sp³-hybridized carbons (Fsp3) is 0.364. The lowest BCUT2D eigenvalue weighted by molar-refractivity contribution is 0.0782. The summed E-state index contributed by atoms with van der Waals surface area (Å²) in [6.07, 6.45) is 3.62. The van der Waals surface area contributed by atoms with Crippen LogP contribution in [0, 0.1) is 0 Å². The number of carboxylic acid groups (broad SMARTS) is 1. The zero-order valence-electron chi connectivity index (χ0n) is 17.7. The highest BCUT2D eigenvalue weighted by Gasteiger charge is 2.32. The van der Waals surface area contributed by atoms with Crippen LogP contribution >= 0.6 is 0 Å². The van der Waals surface area contributed by atoms with Crippen LogP contribution in [0.3, 0.4) is 0 Å². The monoisotopic (exact) mass is 450 g/mol. The average Bonchev–Trinajstić information content (AvgIpc) is 3.41. The summed E-state index contributed by atoms with van der Waals surface area (Å²) in [4.78, 5) is 22.0. The Balaban J connectivity index is 1.28. The molecule has 2 fully saturated rings. The van der Waals surface area contributed by atoms with Crippen molar-refractivity contribution in [3.8, 4) is 17.3 Å². The molecule has 2 aliphatic rings. The third-order valence-electron chi connectivity index (χ3n) is 6.04. The minimum absolute atomic E-state index is 0.0767. The molecule has 1 saturated carbocycles. The van der Waals surface area contributed by atoms with Crippen molar-refractivity contribution in [1.82, 2.24) is 24.9 Å². The molecule has 11 nitrogen and oxygen atoms in total. The standard InChI is InChI=1S/C22H22N6O5/c29-22(30)25-13-9-14(10-13)32-20-2-1-19-24-12-16(28(19)26-20)18-11-15-17(33-18)3-4-23-21(15)27-5-7-31-8-6-27/h1-4,11-14,25H,5-10H2,(H,29,30). The summed E-state index contributed by atoms with van der Waals surface area (Å²) in [5.74, 6) is 1.97. The molecule has 0 spiro atoms. The number of carbonyl (C=O) groups is 1. The first-order valence-electron chi connectivity index (χ1n) is 10.9. The molecular weight excluding hydrogens is 428 g/mol. The summed E-state index contributed by atoms with van der Waals surface area (Å²) >= 11 is 0. The molecular formula is C22H22N6O5. The Morgan fingerprint density at radius 2 is 2.03 bits per heavy atom. The van der Waals surface area contributed by atoms with Gasteiger partial charge in [-0.1, -0.05) is 0 Å². The molecule has 4 aromatic heterocycles. The molecule has 0 bridgehead atoms. The van der Waals surface area contributed by atoms with Gasteiger partial charge in [0.2, 0.25) is 5.88 Å². The summed E-state index contributed by atoms with van der Waals surface area (Å²) in [6.45, 7) is 2.93. The molecule has 0 aromatic carbocycles. The number of fused-ring (bicyclic) bond motifs is 2. The van der Waals surface area contributed by atoms with Crippen molar-refractivity contribution in [2.75, 3.05) is 31.2 Å². The van der Waals surface area contributed by atoms with Crippen LogP contribution in [0.2, 0.25) is 0 Å². The van der Waals surface area contributed by atoms with E-state index < -0.39 is 6.09 Å². The molecule has 33 heavy (non-hydrogen) atoms. The second-order valence-electron chi connectivity index (χ2n) is 8.20. The van der Waals surface area contributed by atoms with E-state index in [1.54, 1.807) is 23.0 Å². The Morgan fingerprint density at radius 3 is 2.85 bits per heavy atom. The fourth-order valence-electron chi connectivity index (χ4n) is 4.31. The van der Waals surface area contributed by atoms with E-state index in [0.29, 0.717) is 49.0 Å². The van der Waals surface area contributed by atoms with Crippen molar-refractivity contribution in [1.29, 1.82) is 0 Å². The predicted molar refractivity (Wildman–Crippen MR) is 118 cm³/mol. The average molecular weight is 450 g/mol. The van der Waals surface area contributed by atoms with Crippen molar-refractivity contribution >= 4 is 28.5 Å². The zero-order valence-corrected chi connectivity index (χ0v) is 17.7. The van der Waals surface area contributed by atoms with Crippen molar-refractivity contribution < 1.29 is 23.8 Å². The molecule has 1 aliphatic heterocycles. The Kier molecular flexibility index (Phi) is 4.75. The van der Waals surface area contributed by atoms with E-state index in [1.807, 2.05) is 18.2 Å². The number of nitrogens with one attached hydrogen (secondary N) is 1. The van der Waals surface area contributed by atoms with Crippen molar-refractivity contribution in [2.45, 2.75) is 25.0 Å². The molecule has 170 valence electrons. The van der Waals surface area contributed by atoms with Crippen molar-refractivity contribution in [3.63, 3.8) is 0 Å². The topological polar surface area (TPSA) is 127 Å². The van der Waals surface area contributed by atoms with Gasteiger partial charge in [-0.15, -0.1) is 5.10 Å². The number of hydrogen-bond acceptors (Lipinski definition) is 8. The second kappa shape index (κ2) is 7.93. The number of rotatable bonds is 5. The lowest BCUT2D eigenvalue weighted by Gasteiger charge is -2.34. The molecule has 5 heterocycles. The van der Waals surface area contributed by atoms with Crippen molar-refractivity contribution in [2.24, 2.45) is 0 Å². The second-order valence-corrected chi connectivity index (χ2v) is 8.20.